The number of nitrogens with one attached hydrogen (secondary N) is 1. The van der Waals surface area contributed by atoms with Gasteiger partial charge in [-0.2, -0.15) is 0 Å². The van der Waals surface area contributed by atoms with E-state index < -0.39 is 0 Å². The topological polar surface area (TPSA) is 12.0 Å². The first-order valence-electron chi connectivity index (χ1n) is 8.45. The van der Waals surface area contributed by atoms with Crippen LogP contribution in [-0.2, 0) is 5.41 Å². The van der Waals surface area contributed by atoms with Gasteiger partial charge in [-0.05, 0) is 55.5 Å². The van der Waals surface area contributed by atoms with Crippen LogP contribution in [-0.4, -0.2) is 13.1 Å². The van der Waals surface area contributed by atoms with Gasteiger partial charge in [0.15, 0.2) is 0 Å². The van der Waals surface area contributed by atoms with Gasteiger partial charge in [-0.3, -0.25) is 0 Å². The summed E-state index contributed by atoms with van der Waals surface area (Å²) in [5, 5.41) is 5.94. The van der Waals surface area contributed by atoms with Crippen molar-refractivity contribution in [3.63, 3.8) is 0 Å². The molecule has 1 aromatic rings. The molecule has 0 radical (unpaired) electrons. The monoisotopic (exact) mass is 293 g/mol. The Hall–Kier alpha value is -0.340. The quantitative estimate of drug-likeness (QED) is 0.604. The highest BCUT2D eigenvalue weighted by molar-refractivity contribution is 7.10. The lowest BCUT2D eigenvalue weighted by atomic mass is 9.49. The van der Waals surface area contributed by atoms with Crippen LogP contribution in [0, 0.1) is 5.41 Å². The average molecular weight is 294 g/mol. The molecule has 0 saturated heterocycles. The van der Waals surface area contributed by atoms with Gasteiger partial charge < -0.3 is 5.32 Å². The molecule has 1 aliphatic rings. The second-order valence-electron chi connectivity index (χ2n) is 6.79. The van der Waals surface area contributed by atoms with Gasteiger partial charge in [0.2, 0.25) is 0 Å². The molecule has 1 saturated carbocycles. The maximum Gasteiger partial charge on any atom is 0.0182 e. The molecule has 1 fully saturated rings. The van der Waals surface area contributed by atoms with Crippen LogP contribution in [0.2, 0.25) is 0 Å². The Balaban J connectivity index is 2.07. The van der Waals surface area contributed by atoms with Crippen LogP contribution >= 0.6 is 11.3 Å². The fourth-order valence-corrected chi connectivity index (χ4v) is 5.32. The fourth-order valence-electron chi connectivity index (χ4n) is 4.39. The molecule has 0 aromatic carbocycles. The van der Waals surface area contributed by atoms with Crippen LogP contribution < -0.4 is 5.32 Å². The molecule has 0 atom stereocenters. The average Bonchev–Trinajstić information content (AvgIpc) is 2.91. The van der Waals surface area contributed by atoms with E-state index in [1.165, 1.54) is 51.5 Å². The Morgan fingerprint density at radius 1 is 1.10 bits per heavy atom. The highest BCUT2D eigenvalue weighted by Gasteiger charge is 2.54. The minimum Gasteiger partial charge on any atom is -0.316 e. The van der Waals surface area contributed by atoms with Crippen molar-refractivity contribution in [2.24, 2.45) is 5.41 Å². The Labute approximate surface area is 129 Å². The summed E-state index contributed by atoms with van der Waals surface area (Å²) in [4.78, 5) is 1.61. The predicted molar refractivity (Wildman–Crippen MR) is 90.6 cm³/mol. The lowest BCUT2D eigenvalue weighted by Gasteiger charge is -2.57. The Kier molecular flexibility index (Phi) is 5.68. The molecule has 0 unspecified atom stereocenters. The van der Waals surface area contributed by atoms with E-state index in [1.54, 1.807) is 4.88 Å². The third-order valence-corrected chi connectivity index (χ3v) is 6.04. The summed E-state index contributed by atoms with van der Waals surface area (Å²) in [6.45, 7) is 9.28. The maximum atomic E-state index is 3.69. The lowest BCUT2D eigenvalue weighted by molar-refractivity contribution is 0.00508. The smallest absolute Gasteiger partial charge is 0.0182 e. The highest BCUT2D eigenvalue weighted by atomic mass is 32.1. The van der Waals surface area contributed by atoms with E-state index in [0.29, 0.717) is 10.8 Å². The highest BCUT2D eigenvalue weighted by Crippen LogP contribution is 2.60. The number of hydrogen-bond donors (Lipinski definition) is 1. The molecular formula is C18H31NS. The zero-order valence-electron chi connectivity index (χ0n) is 13.5. The summed E-state index contributed by atoms with van der Waals surface area (Å²) in [6, 6.07) is 4.58. The standard InChI is InChI=1S/C18H31NS/c1-4-9-17(10-5-2)13-18(14-17,15-19-11-6-3)16-8-7-12-20-16/h7-8,12,19H,4-6,9-11,13-15H2,1-3H3. The summed E-state index contributed by atoms with van der Waals surface area (Å²) in [5.74, 6) is 0. The molecule has 2 rings (SSSR count). The predicted octanol–water partition coefficient (Wildman–Crippen LogP) is 5.37. The third kappa shape index (κ3) is 3.28. The van der Waals surface area contributed by atoms with Crippen LogP contribution in [0.25, 0.3) is 0 Å². The van der Waals surface area contributed by atoms with Crippen LogP contribution in [0.15, 0.2) is 17.5 Å². The van der Waals surface area contributed by atoms with Crippen molar-refractivity contribution < 1.29 is 0 Å². The Bertz CT molecular complexity index is 368. The molecule has 114 valence electrons. The van der Waals surface area contributed by atoms with Crippen molar-refractivity contribution in [1.82, 2.24) is 5.32 Å². The Morgan fingerprint density at radius 3 is 2.30 bits per heavy atom. The van der Waals surface area contributed by atoms with E-state index >= 15 is 0 Å². The van der Waals surface area contributed by atoms with E-state index in [4.69, 9.17) is 0 Å². The summed E-state index contributed by atoms with van der Waals surface area (Å²) in [5.41, 5.74) is 1.08. The molecule has 1 aromatic heterocycles. The summed E-state index contributed by atoms with van der Waals surface area (Å²) in [6.07, 6.45) is 9.54. The van der Waals surface area contributed by atoms with E-state index in [2.05, 4.69) is 43.6 Å². The van der Waals surface area contributed by atoms with Crippen LogP contribution in [0.5, 0.6) is 0 Å². The summed E-state index contributed by atoms with van der Waals surface area (Å²) < 4.78 is 0. The van der Waals surface area contributed by atoms with Gasteiger partial charge in [0.25, 0.3) is 0 Å². The normalized spacial score (nSPS) is 19.8. The van der Waals surface area contributed by atoms with Gasteiger partial charge in [0.05, 0.1) is 0 Å². The number of hydrogen-bond acceptors (Lipinski definition) is 2. The lowest BCUT2D eigenvalue weighted by Crippen LogP contribution is -2.54. The maximum absolute atomic E-state index is 3.69. The van der Waals surface area contributed by atoms with Crippen molar-refractivity contribution in [2.75, 3.05) is 13.1 Å². The molecule has 20 heavy (non-hydrogen) atoms. The van der Waals surface area contributed by atoms with Crippen LogP contribution in [0.3, 0.4) is 0 Å². The minimum absolute atomic E-state index is 0.438. The minimum atomic E-state index is 0.438. The van der Waals surface area contributed by atoms with Gasteiger partial charge in [0.1, 0.15) is 0 Å². The largest absolute Gasteiger partial charge is 0.316 e. The van der Waals surface area contributed by atoms with E-state index in [-0.39, 0.29) is 0 Å². The molecule has 1 aliphatic carbocycles. The Morgan fingerprint density at radius 2 is 1.80 bits per heavy atom. The van der Waals surface area contributed by atoms with Crippen molar-refractivity contribution in [3.05, 3.63) is 22.4 Å². The van der Waals surface area contributed by atoms with Crippen LogP contribution in [0.4, 0.5) is 0 Å². The van der Waals surface area contributed by atoms with Crippen LogP contribution in [0.1, 0.15) is 70.6 Å². The first-order chi connectivity index (χ1) is 9.70. The molecule has 1 heterocycles. The number of thiophene rings is 1. The molecule has 1 N–H and O–H groups in total. The fraction of sp³-hybridized carbons (Fsp3) is 0.778. The second-order valence-corrected chi connectivity index (χ2v) is 7.74. The van der Waals surface area contributed by atoms with Gasteiger partial charge in [-0.1, -0.05) is 39.7 Å². The summed E-state index contributed by atoms with van der Waals surface area (Å²) >= 11 is 1.96. The van der Waals surface area contributed by atoms with Gasteiger partial charge in [0, 0.05) is 16.8 Å². The second kappa shape index (κ2) is 7.09. The molecule has 0 spiro atoms. The first kappa shape index (κ1) is 16.0. The zero-order chi connectivity index (χ0) is 14.5. The third-order valence-electron chi connectivity index (χ3n) is 4.92. The molecule has 2 heteroatoms. The molecule has 1 nitrogen and oxygen atoms in total. The SMILES string of the molecule is CCCNCC1(c2cccs2)CC(CCC)(CCC)C1. The van der Waals surface area contributed by atoms with E-state index in [0.717, 1.165) is 6.54 Å². The van der Waals surface area contributed by atoms with Crippen molar-refractivity contribution in [1.29, 1.82) is 0 Å². The molecule has 0 bridgehead atoms. The van der Waals surface area contributed by atoms with Gasteiger partial charge >= 0.3 is 0 Å². The first-order valence-corrected chi connectivity index (χ1v) is 9.33. The van der Waals surface area contributed by atoms with E-state index in [9.17, 15) is 0 Å². The zero-order valence-corrected chi connectivity index (χ0v) is 14.3. The van der Waals surface area contributed by atoms with Gasteiger partial charge in [-0.15, -0.1) is 11.3 Å². The van der Waals surface area contributed by atoms with Crippen molar-refractivity contribution >= 4 is 11.3 Å². The van der Waals surface area contributed by atoms with Crippen molar-refractivity contribution in [2.45, 2.75) is 71.1 Å². The number of rotatable bonds is 9. The van der Waals surface area contributed by atoms with Gasteiger partial charge in [-0.25, -0.2) is 0 Å². The van der Waals surface area contributed by atoms with Crippen molar-refractivity contribution in [3.8, 4) is 0 Å². The summed E-state index contributed by atoms with van der Waals surface area (Å²) in [7, 11) is 0. The molecule has 0 amide bonds. The van der Waals surface area contributed by atoms with E-state index in [1.807, 2.05) is 11.3 Å². The molecular weight excluding hydrogens is 262 g/mol. The molecule has 0 aliphatic heterocycles.